The first-order valence-corrected chi connectivity index (χ1v) is 3.99. The van der Waals surface area contributed by atoms with E-state index >= 15 is 0 Å². The van der Waals surface area contributed by atoms with Crippen LogP contribution in [0.25, 0.3) is 0 Å². The SMILES string of the molecule is CC1CCN(O)C(C)(C)C1. The quantitative estimate of drug-likeness (QED) is 0.559. The van der Waals surface area contributed by atoms with Crippen molar-refractivity contribution < 1.29 is 5.21 Å². The van der Waals surface area contributed by atoms with Crippen molar-refractivity contribution in [2.45, 2.75) is 39.2 Å². The average molecular weight is 143 g/mol. The lowest BCUT2D eigenvalue weighted by molar-refractivity contribution is -0.185. The zero-order chi connectivity index (χ0) is 7.78. The van der Waals surface area contributed by atoms with Crippen molar-refractivity contribution in [3.05, 3.63) is 0 Å². The van der Waals surface area contributed by atoms with Crippen LogP contribution in [-0.4, -0.2) is 22.4 Å². The van der Waals surface area contributed by atoms with Crippen molar-refractivity contribution in [1.82, 2.24) is 5.06 Å². The molecule has 0 amide bonds. The van der Waals surface area contributed by atoms with Gasteiger partial charge in [-0.05, 0) is 32.6 Å². The molecule has 1 unspecified atom stereocenters. The topological polar surface area (TPSA) is 23.5 Å². The van der Waals surface area contributed by atoms with E-state index in [1.54, 1.807) is 0 Å². The highest BCUT2D eigenvalue weighted by Gasteiger charge is 2.31. The zero-order valence-corrected chi connectivity index (χ0v) is 7.09. The predicted octanol–water partition coefficient (Wildman–Crippen LogP) is 1.89. The number of nitrogens with zero attached hydrogens (tertiary/aromatic N) is 1. The van der Waals surface area contributed by atoms with Crippen LogP contribution in [0.3, 0.4) is 0 Å². The van der Waals surface area contributed by atoms with E-state index in [-0.39, 0.29) is 5.54 Å². The number of piperidine rings is 1. The second-order valence-electron chi connectivity index (χ2n) is 4.03. The van der Waals surface area contributed by atoms with Crippen molar-refractivity contribution in [1.29, 1.82) is 0 Å². The number of hydroxylamine groups is 2. The molecule has 2 nitrogen and oxygen atoms in total. The molecule has 1 N–H and O–H groups in total. The summed E-state index contributed by atoms with van der Waals surface area (Å²) < 4.78 is 0. The third-order valence-electron chi connectivity index (χ3n) is 2.38. The lowest BCUT2D eigenvalue weighted by Crippen LogP contribution is -2.47. The highest BCUT2D eigenvalue weighted by molar-refractivity contribution is 4.83. The van der Waals surface area contributed by atoms with Crippen LogP contribution in [0.5, 0.6) is 0 Å². The fourth-order valence-electron chi connectivity index (χ4n) is 1.71. The average Bonchev–Trinajstić information content (AvgIpc) is 1.78. The van der Waals surface area contributed by atoms with E-state index in [2.05, 4.69) is 20.8 Å². The third-order valence-corrected chi connectivity index (χ3v) is 2.38. The van der Waals surface area contributed by atoms with Crippen molar-refractivity contribution in [2.24, 2.45) is 5.92 Å². The van der Waals surface area contributed by atoms with Gasteiger partial charge < -0.3 is 5.21 Å². The standard InChI is InChI=1S/C8H17NO/c1-7-4-5-9(10)8(2,3)6-7/h7,10H,4-6H2,1-3H3. The minimum atomic E-state index is -0.00231. The summed E-state index contributed by atoms with van der Waals surface area (Å²) in [7, 11) is 0. The summed E-state index contributed by atoms with van der Waals surface area (Å²) in [4.78, 5) is 0. The van der Waals surface area contributed by atoms with E-state index in [0.29, 0.717) is 0 Å². The molecule has 60 valence electrons. The number of hydrogen-bond acceptors (Lipinski definition) is 2. The van der Waals surface area contributed by atoms with Crippen LogP contribution >= 0.6 is 0 Å². The van der Waals surface area contributed by atoms with Crippen molar-refractivity contribution in [3.63, 3.8) is 0 Å². The maximum atomic E-state index is 9.39. The van der Waals surface area contributed by atoms with Gasteiger partial charge in [0.2, 0.25) is 0 Å². The molecule has 1 atom stereocenters. The normalized spacial score (nSPS) is 34.2. The van der Waals surface area contributed by atoms with Crippen LogP contribution in [0, 0.1) is 5.92 Å². The second kappa shape index (κ2) is 2.51. The minimum absolute atomic E-state index is 0.00231. The number of rotatable bonds is 0. The molecule has 1 saturated heterocycles. The molecule has 10 heavy (non-hydrogen) atoms. The second-order valence-corrected chi connectivity index (χ2v) is 4.03. The summed E-state index contributed by atoms with van der Waals surface area (Å²) in [6, 6.07) is 0. The largest absolute Gasteiger partial charge is 0.313 e. The van der Waals surface area contributed by atoms with Gasteiger partial charge in [0.15, 0.2) is 0 Å². The third kappa shape index (κ3) is 1.50. The number of hydrogen-bond donors (Lipinski definition) is 1. The molecular formula is C8H17NO. The smallest absolute Gasteiger partial charge is 0.0406 e. The molecule has 1 aliphatic rings. The maximum absolute atomic E-state index is 9.39. The fraction of sp³-hybridized carbons (Fsp3) is 1.00. The summed E-state index contributed by atoms with van der Waals surface area (Å²) in [5, 5.41) is 10.9. The van der Waals surface area contributed by atoms with E-state index in [1.165, 1.54) is 5.06 Å². The molecule has 0 spiro atoms. The van der Waals surface area contributed by atoms with Crippen LogP contribution in [0.2, 0.25) is 0 Å². The monoisotopic (exact) mass is 143 g/mol. The fourth-order valence-corrected chi connectivity index (χ4v) is 1.71. The van der Waals surface area contributed by atoms with Crippen molar-refractivity contribution >= 4 is 0 Å². The van der Waals surface area contributed by atoms with Gasteiger partial charge in [0, 0.05) is 12.1 Å². The Bertz CT molecular complexity index is 122. The van der Waals surface area contributed by atoms with E-state index in [9.17, 15) is 5.21 Å². The maximum Gasteiger partial charge on any atom is 0.0406 e. The Labute approximate surface area is 62.8 Å². The van der Waals surface area contributed by atoms with Crippen LogP contribution in [0.15, 0.2) is 0 Å². The van der Waals surface area contributed by atoms with Gasteiger partial charge in [-0.2, -0.15) is 5.06 Å². The Morgan fingerprint density at radius 2 is 2.10 bits per heavy atom. The summed E-state index contributed by atoms with van der Waals surface area (Å²) in [6.07, 6.45) is 2.23. The van der Waals surface area contributed by atoms with Gasteiger partial charge in [-0.25, -0.2) is 0 Å². The molecule has 0 saturated carbocycles. The molecular weight excluding hydrogens is 126 g/mol. The van der Waals surface area contributed by atoms with Gasteiger partial charge in [0.05, 0.1) is 0 Å². The van der Waals surface area contributed by atoms with E-state index in [4.69, 9.17) is 0 Å². The molecule has 1 fully saturated rings. The molecule has 0 aromatic carbocycles. The molecule has 1 heterocycles. The Balaban J connectivity index is 2.55. The minimum Gasteiger partial charge on any atom is -0.313 e. The Kier molecular flexibility index (Phi) is 2.02. The van der Waals surface area contributed by atoms with Crippen LogP contribution in [0.1, 0.15) is 33.6 Å². The molecule has 0 aliphatic carbocycles. The first kappa shape index (κ1) is 8.02. The van der Waals surface area contributed by atoms with Crippen molar-refractivity contribution in [2.75, 3.05) is 6.54 Å². The van der Waals surface area contributed by atoms with Gasteiger partial charge in [0.25, 0.3) is 0 Å². The zero-order valence-electron chi connectivity index (χ0n) is 7.09. The Morgan fingerprint density at radius 1 is 1.50 bits per heavy atom. The molecule has 0 aromatic rings. The summed E-state index contributed by atoms with van der Waals surface area (Å²) >= 11 is 0. The van der Waals surface area contributed by atoms with Crippen LogP contribution in [0.4, 0.5) is 0 Å². The molecule has 2 heteroatoms. The predicted molar refractivity (Wildman–Crippen MR) is 41.0 cm³/mol. The lowest BCUT2D eigenvalue weighted by Gasteiger charge is -2.40. The molecule has 1 rings (SSSR count). The van der Waals surface area contributed by atoms with Gasteiger partial charge in [-0.3, -0.25) is 0 Å². The Morgan fingerprint density at radius 3 is 2.50 bits per heavy atom. The van der Waals surface area contributed by atoms with E-state index < -0.39 is 0 Å². The first-order valence-electron chi connectivity index (χ1n) is 3.99. The molecule has 1 aliphatic heterocycles. The van der Waals surface area contributed by atoms with Gasteiger partial charge >= 0.3 is 0 Å². The molecule has 0 aromatic heterocycles. The first-order chi connectivity index (χ1) is 4.52. The summed E-state index contributed by atoms with van der Waals surface area (Å²) in [5.41, 5.74) is -0.00231. The van der Waals surface area contributed by atoms with Gasteiger partial charge in [-0.1, -0.05) is 6.92 Å². The highest BCUT2D eigenvalue weighted by atomic mass is 16.5. The van der Waals surface area contributed by atoms with E-state index in [0.717, 1.165) is 25.3 Å². The van der Waals surface area contributed by atoms with Gasteiger partial charge in [0.1, 0.15) is 0 Å². The van der Waals surface area contributed by atoms with Gasteiger partial charge in [-0.15, -0.1) is 0 Å². The highest BCUT2D eigenvalue weighted by Crippen LogP contribution is 2.29. The lowest BCUT2D eigenvalue weighted by atomic mass is 9.85. The summed E-state index contributed by atoms with van der Waals surface area (Å²) in [6.45, 7) is 7.24. The summed E-state index contributed by atoms with van der Waals surface area (Å²) in [5.74, 6) is 0.762. The van der Waals surface area contributed by atoms with Crippen LogP contribution in [-0.2, 0) is 0 Å². The van der Waals surface area contributed by atoms with E-state index in [1.807, 2.05) is 0 Å². The van der Waals surface area contributed by atoms with Crippen LogP contribution < -0.4 is 0 Å². The molecule has 0 radical (unpaired) electrons. The molecule has 0 bridgehead atoms. The van der Waals surface area contributed by atoms with Crippen molar-refractivity contribution in [3.8, 4) is 0 Å². The Hall–Kier alpha value is -0.0800.